The second-order valence-electron chi connectivity index (χ2n) is 2.39. The summed E-state index contributed by atoms with van der Waals surface area (Å²) in [6.45, 7) is 1.63. The molecule has 0 aromatic carbocycles. The Morgan fingerprint density at radius 3 is 2.92 bits per heavy atom. The lowest BCUT2D eigenvalue weighted by atomic mass is 10.3. The summed E-state index contributed by atoms with van der Waals surface area (Å²) in [6, 6.07) is 2.57. The van der Waals surface area contributed by atoms with Crippen molar-refractivity contribution in [3.05, 3.63) is 33.6 Å². The summed E-state index contributed by atoms with van der Waals surface area (Å²) in [5.74, 6) is 0. The largest absolute Gasteiger partial charge is 0.411 e. The van der Waals surface area contributed by atoms with E-state index in [-0.39, 0.29) is 11.4 Å². The monoisotopic (exact) mass is 181 g/mol. The third kappa shape index (κ3) is 2.22. The molecule has 0 spiro atoms. The van der Waals surface area contributed by atoms with Gasteiger partial charge in [0.05, 0.1) is 16.8 Å². The van der Waals surface area contributed by atoms with Crippen molar-refractivity contribution in [3.63, 3.8) is 0 Å². The Kier molecular flexibility index (Phi) is 2.53. The highest BCUT2D eigenvalue weighted by molar-refractivity contribution is 5.77. The zero-order chi connectivity index (χ0) is 9.84. The van der Waals surface area contributed by atoms with Gasteiger partial charge in [-0.2, -0.15) is 0 Å². The van der Waals surface area contributed by atoms with Crippen LogP contribution >= 0.6 is 0 Å². The van der Waals surface area contributed by atoms with Crippen molar-refractivity contribution in [2.45, 2.75) is 6.92 Å². The van der Waals surface area contributed by atoms with Gasteiger partial charge in [0.1, 0.15) is 0 Å². The molecule has 0 fully saturated rings. The normalized spacial score (nSPS) is 10.5. The maximum absolute atomic E-state index is 10.4. The predicted molar refractivity (Wildman–Crippen MR) is 45.0 cm³/mol. The summed E-state index contributed by atoms with van der Waals surface area (Å²) >= 11 is 0. The number of nitrogens with zero attached hydrogens (tertiary/aromatic N) is 3. The summed E-state index contributed by atoms with van der Waals surface area (Å²) < 4.78 is 0. The molecule has 68 valence electrons. The first-order valence-corrected chi connectivity index (χ1v) is 3.44. The molecule has 0 saturated heterocycles. The fourth-order valence-corrected chi connectivity index (χ4v) is 0.906. The van der Waals surface area contributed by atoms with E-state index in [0.717, 1.165) is 6.21 Å². The van der Waals surface area contributed by atoms with Gasteiger partial charge in [0.2, 0.25) is 0 Å². The van der Waals surface area contributed by atoms with E-state index >= 15 is 0 Å². The highest BCUT2D eigenvalue weighted by Gasteiger charge is 2.07. The van der Waals surface area contributed by atoms with Crippen LogP contribution in [0.3, 0.4) is 0 Å². The van der Waals surface area contributed by atoms with Crippen molar-refractivity contribution in [1.82, 2.24) is 4.98 Å². The summed E-state index contributed by atoms with van der Waals surface area (Å²) in [7, 11) is 0. The molecule has 1 aromatic heterocycles. The van der Waals surface area contributed by atoms with Gasteiger partial charge in [-0.05, 0) is 6.92 Å². The molecule has 1 heterocycles. The number of hydrogen-bond acceptors (Lipinski definition) is 5. The lowest BCUT2D eigenvalue weighted by molar-refractivity contribution is -0.385. The summed E-state index contributed by atoms with van der Waals surface area (Å²) in [5.41, 5.74) is 0.695. The first-order chi connectivity index (χ1) is 6.13. The molecule has 0 aliphatic carbocycles. The maximum atomic E-state index is 10.4. The van der Waals surface area contributed by atoms with Crippen molar-refractivity contribution >= 4 is 11.9 Å². The number of oxime groups is 1. The van der Waals surface area contributed by atoms with Crippen molar-refractivity contribution in [1.29, 1.82) is 0 Å². The van der Waals surface area contributed by atoms with E-state index in [1.807, 2.05) is 0 Å². The Bertz CT molecular complexity index is 362. The SMILES string of the molecule is Cc1cc([N+](=O)[O-])cc(C=NO)n1. The average molecular weight is 181 g/mol. The molecular formula is C7H7N3O3. The molecular weight excluding hydrogens is 174 g/mol. The Labute approximate surface area is 73.7 Å². The number of aromatic nitrogens is 1. The molecule has 0 aliphatic rings. The predicted octanol–water partition coefficient (Wildman–Crippen LogP) is 1.11. The molecule has 6 heteroatoms. The summed E-state index contributed by atoms with van der Waals surface area (Å²) in [6.07, 6.45) is 1.04. The van der Waals surface area contributed by atoms with E-state index in [4.69, 9.17) is 5.21 Å². The topological polar surface area (TPSA) is 88.6 Å². The molecule has 13 heavy (non-hydrogen) atoms. The van der Waals surface area contributed by atoms with Crippen LogP contribution in [0, 0.1) is 17.0 Å². The van der Waals surface area contributed by atoms with Crippen LogP contribution < -0.4 is 0 Å². The molecule has 0 atom stereocenters. The minimum absolute atomic E-state index is 0.0672. The van der Waals surface area contributed by atoms with E-state index in [1.165, 1.54) is 12.1 Å². The lowest BCUT2D eigenvalue weighted by Crippen LogP contribution is -1.95. The maximum Gasteiger partial charge on any atom is 0.273 e. The number of hydrogen-bond donors (Lipinski definition) is 1. The summed E-state index contributed by atoms with van der Waals surface area (Å²) in [4.78, 5) is 13.7. The van der Waals surface area contributed by atoms with E-state index in [1.54, 1.807) is 6.92 Å². The van der Waals surface area contributed by atoms with Gasteiger partial charge < -0.3 is 5.21 Å². The van der Waals surface area contributed by atoms with Crippen LogP contribution in [0.15, 0.2) is 17.3 Å². The first kappa shape index (κ1) is 9.11. The smallest absolute Gasteiger partial charge is 0.273 e. The fraction of sp³-hybridized carbons (Fsp3) is 0.143. The molecule has 0 amide bonds. The fourth-order valence-electron chi connectivity index (χ4n) is 0.906. The molecule has 1 aromatic rings. The Hall–Kier alpha value is -1.98. The third-order valence-corrected chi connectivity index (χ3v) is 1.36. The Morgan fingerprint density at radius 1 is 1.69 bits per heavy atom. The second-order valence-corrected chi connectivity index (χ2v) is 2.39. The molecule has 0 aliphatic heterocycles. The molecule has 0 saturated carbocycles. The highest BCUT2D eigenvalue weighted by Crippen LogP contribution is 2.12. The van der Waals surface area contributed by atoms with Gasteiger partial charge in [0.15, 0.2) is 0 Å². The van der Waals surface area contributed by atoms with Crippen molar-refractivity contribution in [2.75, 3.05) is 0 Å². The van der Waals surface area contributed by atoms with Crippen molar-refractivity contribution in [3.8, 4) is 0 Å². The molecule has 1 N–H and O–H groups in total. The van der Waals surface area contributed by atoms with Crippen LogP contribution in [0.4, 0.5) is 5.69 Å². The quantitative estimate of drug-likeness (QED) is 0.320. The third-order valence-electron chi connectivity index (χ3n) is 1.36. The van der Waals surface area contributed by atoms with Gasteiger partial charge in [-0.1, -0.05) is 5.16 Å². The van der Waals surface area contributed by atoms with Crippen LogP contribution in [0.5, 0.6) is 0 Å². The number of nitro groups is 1. The van der Waals surface area contributed by atoms with Crippen LogP contribution in [0.2, 0.25) is 0 Å². The standard InChI is InChI=1S/C7H7N3O3/c1-5-2-7(10(12)13)3-6(9-5)4-8-11/h2-4,11H,1H3. The molecule has 0 radical (unpaired) electrons. The number of aryl methyl sites for hydroxylation is 1. The van der Waals surface area contributed by atoms with Crippen LogP contribution in [0.1, 0.15) is 11.4 Å². The number of pyridine rings is 1. The van der Waals surface area contributed by atoms with Crippen LogP contribution in [-0.4, -0.2) is 21.3 Å². The van der Waals surface area contributed by atoms with Gasteiger partial charge in [-0.25, -0.2) is 0 Å². The van der Waals surface area contributed by atoms with Crippen molar-refractivity contribution in [2.24, 2.45) is 5.16 Å². The van der Waals surface area contributed by atoms with Crippen LogP contribution in [0.25, 0.3) is 0 Å². The Morgan fingerprint density at radius 2 is 2.38 bits per heavy atom. The van der Waals surface area contributed by atoms with Gasteiger partial charge in [0.25, 0.3) is 5.69 Å². The van der Waals surface area contributed by atoms with Gasteiger partial charge >= 0.3 is 0 Å². The molecule has 0 bridgehead atoms. The van der Waals surface area contributed by atoms with E-state index in [2.05, 4.69) is 10.1 Å². The second kappa shape index (κ2) is 3.61. The zero-order valence-electron chi connectivity index (χ0n) is 6.84. The summed E-state index contributed by atoms with van der Waals surface area (Å²) in [5, 5.41) is 21.3. The van der Waals surface area contributed by atoms with Gasteiger partial charge in [-0.3, -0.25) is 15.1 Å². The van der Waals surface area contributed by atoms with E-state index < -0.39 is 4.92 Å². The first-order valence-electron chi connectivity index (χ1n) is 3.44. The van der Waals surface area contributed by atoms with Gasteiger partial charge in [0, 0.05) is 17.8 Å². The molecule has 1 rings (SSSR count). The van der Waals surface area contributed by atoms with Crippen molar-refractivity contribution < 1.29 is 10.1 Å². The minimum atomic E-state index is -0.524. The van der Waals surface area contributed by atoms with Gasteiger partial charge in [-0.15, -0.1) is 0 Å². The van der Waals surface area contributed by atoms with E-state index in [9.17, 15) is 10.1 Å². The highest BCUT2D eigenvalue weighted by atomic mass is 16.6. The Balaban J connectivity index is 3.18. The average Bonchev–Trinajstić information content (AvgIpc) is 2.03. The number of rotatable bonds is 2. The minimum Gasteiger partial charge on any atom is -0.411 e. The molecule has 0 unspecified atom stereocenters. The lowest BCUT2D eigenvalue weighted by Gasteiger charge is -1.95. The van der Waals surface area contributed by atoms with E-state index in [0.29, 0.717) is 5.69 Å². The van der Waals surface area contributed by atoms with Crippen LogP contribution in [-0.2, 0) is 0 Å². The zero-order valence-corrected chi connectivity index (χ0v) is 6.84. The molecule has 6 nitrogen and oxygen atoms in total.